The van der Waals surface area contributed by atoms with E-state index in [0.717, 1.165) is 44.8 Å². The van der Waals surface area contributed by atoms with Gasteiger partial charge in [0.2, 0.25) is 0 Å². The molecular weight excluding hydrogens is 300 g/mol. The molecule has 2 aliphatic rings. The molecule has 0 unspecified atom stereocenters. The summed E-state index contributed by atoms with van der Waals surface area (Å²) >= 11 is 0. The third-order valence-corrected chi connectivity index (χ3v) is 5.12. The van der Waals surface area contributed by atoms with Crippen molar-refractivity contribution in [1.29, 1.82) is 5.26 Å². The summed E-state index contributed by atoms with van der Waals surface area (Å²) in [6.07, 6.45) is 6.71. The zero-order valence-corrected chi connectivity index (χ0v) is 13.8. The molecule has 1 aliphatic carbocycles. The highest BCUT2D eigenvalue weighted by Gasteiger charge is 2.22. The van der Waals surface area contributed by atoms with Crippen LogP contribution >= 0.6 is 0 Å². The predicted molar refractivity (Wildman–Crippen MR) is 91.7 cm³/mol. The zero-order valence-electron chi connectivity index (χ0n) is 13.8. The maximum atomic E-state index is 8.84. The summed E-state index contributed by atoms with van der Waals surface area (Å²) in [5, 5.41) is 16.6. The molecule has 0 saturated carbocycles. The quantitative estimate of drug-likeness (QED) is 0.934. The molecule has 2 aromatic heterocycles. The van der Waals surface area contributed by atoms with Gasteiger partial charge in [-0.1, -0.05) is 0 Å². The second-order valence-corrected chi connectivity index (χ2v) is 6.61. The molecule has 0 atom stereocenters. The van der Waals surface area contributed by atoms with Crippen molar-refractivity contribution in [3.8, 4) is 6.07 Å². The zero-order chi connectivity index (χ0) is 16.4. The number of nitrogens with one attached hydrogen (secondary N) is 1. The average molecular weight is 322 g/mol. The monoisotopic (exact) mass is 322 g/mol. The maximum Gasteiger partial charge on any atom is 0.140 e. The first-order valence-electron chi connectivity index (χ1n) is 8.72. The van der Waals surface area contributed by atoms with E-state index in [4.69, 9.17) is 5.26 Å². The normalized spacial score (nSPS) is 18.2. The molecule has 0 aromatic carbocycles. The van der Waals surface area contributed by atoms with Crippen molar-refractivity contribution in [2.75, 3.05) is 31.1 Å². The highest BCUT2D eigenvalue weighted by atomic mass is 15.3. The summed E-state index contributed by atoms with van der Waals surface area (Å²) in [6.45, 7) is 4.98. The summed E-state index contributed by atoms with van der Waals surface area (Å²) in [5.41, 5.74) is 5.66. The minimum atomic E-state index is 0.473. The number of piperazine rings is 1. The second-order valence-electron chi connectivity index (χ2n) is 6.61. The van der Waals surface area contributed by atoms with Gasteiger partial charge in [-0.3, -0.25) is 10.00 Å². The Balaban J connectivity index is 1.36. The maximum absolute atomic E-state index is 8.84. The van der Waals surface area contributed by atoms with Crippen LogP contribution in [0.25, 0.3) is 0 Å². The first-order chi connectivity index (χ1) is 11.8. The van der Waals surface area contributed by atoms with Crippen molar-refractivity contribution in [2.45, 2.75) is 32.2 Å². The fourth-order valence-corrected chi connectivity index (χ4v) is 3.70. The van der Waals surface area contributed by atoms with Crippen LogP contribution < -0.4 is 4.90 Å². The number of fused-ring (bicyclic) bond motifs is 1. The SMILES string of the molecule is N#Cc1ccc(N2CCN(Cc3n[nH]c4c3CCCC4)CC2)cn1. The molecule has 6 nitrogen and oxygen atoms in total. The fraction of sp³-hybridized carbons (Fsp3) is 0.500. The summed E-state index contributed by atoms with van der Waals surface area (Å²) in [6, 6.07) is 5.85. The van der Waals surface area contributed by atoms with Crippen LogP contribution in [0, 0.1) is 11.3 Å². The Morgan fingerprint density at radius 3 is 2.71 bits per heavy atom. The van der Waals surface area contributed by atoms with E-state index in [1.807, 2.05) is 6.07 Å². The van der Waals surface area contributed by atoms with Gasteiger partial charge in [0.15, 0.2) is 0 Å². The lowest BCUT2D eigenvalue weighted by molar-refractivity contribution is 0.246. The molecule has 0 spiro atoms. The van der Waals surface area contributed by atoms with Gasteiger partial charge in [-0.25, -0.2) is 4.98 Å². The standard InChI is InChI=1S/C18H22N6/c19-11-14-5-6-15(12-20-14)24-9-7-23(8-10-24)13-18-16-3-1-2-4-17(16)21-22-18/h5-6,12H,1-4,7-10,13H2,(H,21,22). The van der Waals surface area contributed by atoms with E-state index < -0.39 is 0 Å². The van der Waals surface area contributed by atoms with Gasteiger partial charge >= 0.3 is 0 Å². The third kappa shape index (κ3) is 3.00. The highest BCUT2D eigenvalue weighted by Crippen LogP contribution is 2.24. The number of nitriles is 1. The van der Waals surface area contributed by atoms with Crippen LogP contribution in [-0.2, 0) is 19.4 Å². The van der Waals surface area contributed by atoms with E-state index >= 15 is 0 Å². The van der Waals surface area contributed by atoms with Crippen LogP contribution in [-0.4, -0.2) is 46.3 Å². The summed E-state index contributed by atoms with van der Waals surface area (Å²) in [4.78, 5) is 8.99. The van der Waals surface area contributed by atoms with Crippen molar-refractivity contribution in [3.05, 3.63) is 41.0 Å². The Morgan fingerprint density at radius 1 is 1.12 bits per heavy atom. The first-order valence-corrected chi connectivity index (χ1v) is 8.72. The van der Waals surface area contributed by atoms with Gasteiger partial charge in [-0.2, -0.15) is 10.4 Å². The van der Waals surface area contributed by atoms with Crippen molar-refractivity contribution in [1.82, 2.24) is 20.1 Å². The van der Waals surface area contributed by atoms with Crippen LogP contribution in [0.2, 0.25) is 0 Å². The third-order valence-electron chi connectivity index (χ3n) is 5.12. The lowest BCUT2D eigenvalue weighted by Crippen LogP contribution is -2.46. The van der Waals surface area contributed by atoms with Crippen LogP contribution in [0.3, 0.4) is 0 Å². The van der Waals surface area contributed by atoms with Crippen LogP contribution in [0.1, 0.15) is 35.5 Å². The minimum absolute atomic E-state index is 0.473. The molecule has 124 valence electrons. The molecule has 1 fully saturated rings. The Kier molecular flexibility index (Phi) is 4.18. The summed E-state index contributed by atoms with van der Waals surface area (Å²) in [5.74, 6) is 0. The number of aromatic amines is 1. The number of pyridine rings is 1. The number of anilines is 1. The van der Waals surface area contributed by atoms with Gasteiger partial charge < -0.3 is 4.90 Å². The number of rotatable bonds is 3. The van der Waals surface area contributed by atoms with Crippen LogP contribution in [0.4, 0.5) is 5.69 Å². The van der Waals surface area contributed by atoms with E-state index in [0.29, 0.717) is 5.69 Å². The molecule has 6 heteroatoms. The molecule has 3 heterocycles. The van der Waals surface area contributed by atoms with Crippen molar-refractivity contribution < 1.29 is 0 Å². The smallest absolute Gasteiger partial charge is 0.140 e. The number of nitrogens with zero attached hydrogens (tertiary/aromatic N) is 5. The Morgan fingerprint density at radius 2 is 1.96 bits per heavy atom. The fourth-order valence-electron chi connectivity index (χ4n) is 3.70. The van der Waals surface area contributed by atoms with E-state index in [2.05, 4.69) is 31.1 Å². The van der Waals surface area contributed by atoms with Gasteiger partial charge in [0.1, 0.15) is 11.8 Å². The van der Waals surface area contributed by atoms with E-state index in [1.165, 1.54) is 36.2 Å². The molecule has 0 bridgehead atoms. The lowest BCUT2D eigenvalue weighted by Gasteiger charge is -2.35. The van der Waals surface area contributed by atoms with Crippen LogP contribution in [0.15, 0.2) is 18.3 Å². The van der Waals surface area contributed by atoms with E-state index in [9.17, 15) is 0 Å². The number of H-pyrrole nitrogens is 1. The largest absolute Gasteiger partial charge is 0.368 e. The summed E-state index contributed by atoms with van der Waals surface area (Å²) in [7, 11) is 0. The number of hydrogen-bond acceptors (Lipinski definition) is 5. The van der Waals surface area contributed by atoms with Crippen LogP contribution in [0.5, 0.6) is 0 Å². The number of aryl methyl sites for hydroxylation is 1. The Bertz CT molecular complexity index is 734. The highest BCUT2D eigenvalue weighted by molar-refractivity contribution is 5.46. The van der Waals surface area contributed by atoms with Crippen molar-refractivity contribution in [2.24, 2.45) is 0 Å². The molecule has 0 radical (unpaired) electrons. The van der Waals surface area contributed by atoms with Gasteiger partial charge in [0.25, 0.3) is 0 Å². The molecule has 1 aliphatic heterocycles. The van der Waals surface area contributed by atoms with Gasteiger partial charge in [-0.05, 0) is 43.4 Å². The molecule has 1 N–H and O–H groups in total. The average Bonchev–Trinajstić information content (AvgIpc) is 3.06. The van der Waals surface area contributed by atoms with Gasteiger partial charge in [0.05, 0.1) is 17.6 Å². The van der Waals surface area contributed by atoms with Crippen molar-refractivity contribution in [3.63, 3.8) is 0 Å². The van der Waals surface area contributed by atoms with E-state index in [-0.39, 0.29) is 0 Å². The minimum Gasteiger partial charge on any atom is -0.368 e. The van der Waals surface area contributed by atoms with E-state index in [1.54, 1.807) is 12.3 Å². The molecule has 0 amide bonds. The summed E-state index contributed by atoms with van der Waals surface area (Å²) < 4.78 is 0. The van der Waals surface area contributed by atoms with Gasteiger partial charge in [-0.15, -0.1) is 0 Å². The topological polar surface area (TPSA) is 71.8 Å². The first kappa shape index (κ1) is 15.2. The van der Waals surface area contributed by atoms with Crippen molar-refractivity contribution >= 4 is 5.69 Å². The predicted octanol–water partition coefficient (Wildman–Crippen LogP) is 1.88. The molecular formula is C18H22N6. The Hall–Kier alpha value is -2.39. The molecule has 24 heavy (non-hydrogen) atoms. The lowest BCUT2D eigenvalue weighted by atomic mass is 9.96. The molecule has 1 saturated heterocycles. The number of aromatic nitrogens is 3. The Labute approximate surface area is 142 Å². The molecule has 4 rings (SSSR count). The second kappa shape index (κ2) is 6.62. The number of hydrogen-bond donors (Lipinski definition) is 1. The van der Waals surface area contributed by atoms with Gasteiger partial charge in [0, 0.05) is 38.4 Å². The molecule has 2 aromatic rings.